The van der Waals surface area contributed by atoms with Crippen molar-refractivity contribution in [3.8, 4) is 0 Å². The second-order valence-electron chi connectivity index (χ2n) is 3.70. The van der Waals surface area contributed by atoms with Gasteiger partial charge in [-0.05, 0) is 43.7 Å². The van der Waals surface area contributed by atoms with E-state index >= 15 is 0 Å². The van der Waals surface area contributed by atoms with E-state index in [4.69, 9.17) is 5.11 Å². The third kappa shape index (κ3) is 0.956. The van der Waals surface area contributed by atoms with Crippen LogP contribution in [0.15, 0.2) is 0 Å². The van der Waals surface area contributed by atoms with Crippen LogP contribution in [0.3, 0.4) is 0 Å². The van der Waals surface area contributed by atoms with Gasteiger partial charge in [0, 0.05) is 6.61 Å². The van der Waals surface area contributed by atoms with Gasteiger partial charge >= 0.3 is 0 Å². The Morgan fingerprint density at radius 1 is 1.30 bits per heavy atom. The van der Waals surface area contributed by atoms with E-state index in [0.717, 1.165) is 18.4 Å². The zero-order valence-electron chi connectivity index (χ0n) is 6.21. The van der Waals surface area contributed by atoms with Crippen LogP contribution in [0.5, 0.6) is 0 Å². The Hall–Kier alpha value is -0.0800. The first-order chi connectivity index (χ1) is 4.90. The van der Waals surface area contributed by atoms with Crippen molar-refractivity contribution in [3.05, 3.63) is 0 Å². The zero-order valence-corrected chi connectivity index (χ0v) is 6.21. The largest absolute Gasteiger partial charge is 0.396 e. The van der Waals surface area contributed by atoms with Gasteiger partial charge in [-0.2, -0.15) is 0 Å². The average molecular weight is 141 g/mol. The number of aliphatic hydroxyl groups excluding tert-OH is 1. The highest BCUT2D eigenvalue weighted by atomic mass is 16.3. The van der Waals surface area contributed by atoms with E-state index in [1.165, 1.54) is 19.4 Å². The van der Waals surface area contributed by atoms with Crippen LogP contribution < -0.4 is 5.32 Å². The highest BCUT2D eigenvalue weighted by molar-refractivity contribution is 4.89. The van der Waals surface area contributed by atoms with Crippen molar-refractivity contribution in [3.63, 3.8) is 0 Å². The first-order valence-electron chi connectivity index (χ1n) is 4.21. The molecule has 2 N–H and O–H groups in total. The quantitative estimate of drug-likeness (QED) is 0.547. The van der Waals surface area contributed by atoms with Crippen molar-refractivity contribution >= 4 is 0 Å². The monoisotopic (exact) mass is 141 g/mol. The van der Waals surface area contributed by atoms with E-state index < -0.39 is 0 Å². The van der Waals surface area contributed by atoms with Crippen molar-refractivity contribution in [2.75, 3.05) is 19.7 Å². The molecule has 2 rings (SSSR count). The maximum absolute atomic E-state index is 8.99. The molecule has 0 aromatic rings. The lowest BCUT2D eigenvalue weighted by atomic mass is 9.96. The molecule has 1 saturated carbocycles. The molecule has 0 unspecified atom stereocenters. The molecule has 2 bridgehead atoms. The molecule has 2 fully saturated rings. The number of hydrogen-bond donors (Lipinski definition) is 2. The molecular formula is C8H15NO. The molecule has 1 heterocycles. The molecule has 0 radical (unpaired) electrons. The number of nitrogens with one attached hydrogen (secondary N) is 1. The number of hydrogen-bond acceptors (Lipinski definition) is 2. The van der Waals surface area contributed by atoms with Crippen LogP contribution >= 0.6 is 0 Å². The lowest BCUT2D eigenvalue weighted by molar-refractivity contribution is 0.195. The van der Waals surface area contributed by atoms with Crippen LogP contribution in [-0.2, 0) is 0 Å². The molecule has 3 atom stereocenters. The van der Waals surface area contributed by atoms with E-state index in [-0.39, 0.29) is 0 Å². The molecule has 1 aliphatic heterocycles. The first kappa shape index (κ1) is 6.62. The van der Waals surface area contributed by atoms with Gasteiger partial charge < -0.3 is 10.4 Å². The molecule has 58 valence electrons. The molecule has 0 amide bonds. The van der Waals surface area contributed by atoms with Crippen molar-refractivity contribution in [1.29, 1.82) is 0 Å². The molecule has 2 aliphatic rings. The van der Waals surface area contributed by atoms with E-state index in [1.54, 1.807) is 0 Å². The summed E-state index contributed by atoms with van der Waals surface area (Å²) in [7, 11) is 0. The lowest BCUT2D eigenvalue weighted by Crippen LogP contribution is -2.32. The summed E-state index contributed by atoms with van der Waals surface area (Å²) in [5.74, 6) is 2.26. The molecule has 10 heavy (non-hydrogen) atoms. The van der Waals surface area contributed by atoms with E-state index in [0.29, 0.717) is 12.5 Å². The normalized spacial score (nSPS) is 45.9. The van der Waals surface area contributed by atoms with Gasteiger partial charge in [0.15, 0.2) is 0 Å². The molecule has 2 heteroatoms. The van der Waals surface area contributed by atoms with E-state index in [1.807, 2.05) is 0 Å². The lowest BCUT2D eigenvalue weighted by Gasteiger charge is -2.20. The fourth-order valence-electron chi connectivity index (χ4n) is 2.45. The maximum Gasteiger partial charge on any atom is 0.0462 e. The fourth-order valence-corrected chi connectivity index (χ4v) is 2.45. The van der Waals surface area contributed by atoms with Gasteiger partial charge in [-0.25, -0.2) is 0 Å². The molecular weight excluding hydrogens is 126 g/mol. The Labute approximate surface area is 61.6 Å². The van der Waals surface area contributed by atoms with Crippen LogP contribution in [0.25, 0.3) is 0 Å². The Balaban J connectivity index is 2.01. The summed E-state index contributed by atoms with van der Waals surface area (Å²) in [5.41, 5.74) is 0. The summed E-state index contributed by atoms with van der Waals surface area (Å²) in [5, 5.41) is 12.4. The van der Waals surface area contributed by atoms with E-state index in [2.05, 4.69) is 5.32 Å². The number of piperidine rings is 1. The highest BCUT2D eigenvalue weighted by Gasteiger charge is 2.36. The molecule has 0 aromatic heterocycles. The minimum Gasteiger partial charge on any atom is -0.396 e. The molecule has 1 aliphatic carbocycles. The van der Waals surface area contributed by atoms with Crippen LogP contribution in [0.1, 0.15) is 12.8 Å². The third-order valence-corrected chi connectivity index (χ3v) is 3.01. The summed E-state index contributed by atoms with van der Waals surface area (Å²) in [6.45, 7) is 2.73. The summed E-state index contributed by atoms with van der Waals surface area (Å²) >= 11 is 0. The number of fused-ring (bicyclic) bond motifs is 2. The predicted octanol–water partition coefficient (Wildman–Crippen LogP) is 0.224. The molecule has 0 spiro atoms. The summed E-state index contributed by atoms with van der Waals surface area (Å²) in [6.07, 6.45) is 2.62. The van der Waals surface area contributed by atoms with Crippen LogP contribution in [0, 0.1) is 17.8 Å². The van der Waals surface area contributed by atoms with Crippen LogP contribution in [0.4, 0.5) is 0 Å². The van der Waals surface area contributed by atoms with Crippen molar-refractivity contribution in [2.24, 2.45) is 17.8 Å². The zero-order chi connectivity index (χ0) is 6.97. The standard InChI is InChI=1S/C8H15NO/c10-5-8-2-6-1-7(8)4-9-3-6/h6-10H,1-5H2/t6-,7-,8-/m0/s1. The van der Waals surface area contributed by atoms with E-state index in [9.17, 15) is 0 Å². The maximum atomic E-state index is 8.99. The Kier molecular flexibility index (Phi) is 1.66. The molecule has 0 aromatic carbocycles. The third-order valence-electron chi connectivity index (χ3n) is 3.01. The fraction of sp³-hybridized carbons (Fsp3) is 1.00. The van der Waals surface area contributed by atoms with Crippen molar-refractivity contribution in [1.82, 2.24) is 5.32 Å². The van der Waals surface area contributed by atoms with Gasteiger partial charge in [-0.15, -0.1) is 0 Å². The minimum absolute atomic E-state index is 0.406. The van der Waals surface area contributed by atoms with Gasteiger partial charge in [-0.1, -0.05) is 0 Å². The minimum atomic E-state index is 0.406. The summed E-state index contributed by atoms with van der Waals surface area (Å²) < 4.78 is 0. The smallest absolute Gasteiger partial charge is 0.0462 e. The molecule has 1 saturated heterocycles. The first-order valence-corrected chi connectivity index (χ1v) is 4.21. The van der Waals surface area contributed by atoms with Gasteiger partial charge in [0.05, 0.1) is 0 Å². The van der Waals surface area contributed by atoms with Crippen LogP contribution in [0.2, 0.25) is 0 Å². The van der Waals surface area contributed by atoms with Gasteiger partial charge in [0.1, 0.15) is 0 Å². The predicted molar refractivity (Wildman–Crippen MR) is 39.7 cm³/mol. The summed E-state index contributed by atoms with van der Waals surface area (Å²) in [4.78, 5) is 0. The second-order valence-corrected chi connectivity index (χ2v) is 3.70. The number of aliphatic hydroxyl groups is 1. The molecule has 2 nitrogen and oxygen atoms in total. The summed E-state index contributed by atoms with van der Waals surface area (Å²) in [6, 6.07) is 0. The van der Waals surface area contributed by atoms with Crippen molar-refractivity contribution < 1.29 is 5.11 Å². The average Bonchev–Trinajstić information content (AvgIpc) is 2.26. The number of rotatable bonds is 1. The Morgan fingerprint density at radius 3 is 2.90 bits per heavy atom. The van der Waals surface area contributed by atoms with Gasteiger partial charge in [0.25, 0.3) is 0 Å². The Bertz CT molecular complexity index is 126. The second kappa shape index (κ2) is 2.51. The SMILES string of the molecule is OC[C@@H]1C[C@H]2CNC[C@@H]1C2. The van der Waals surface area contributed by atoms with Gasteiger partial charge in [-0.3, -0.25) is 0 Å². The highest BCUT2D eigenvalue weighted by Crippen LogP contribution is 2.37. The van der Waals surface area contributed by atoms with Gasteiger partial charge in [0.2, 0.25) is 0 Å². The van der Waals surface area contributed by atoms with Crippen LogP contribution in [-0.4, -0.2) is 24.8 Å². The Morgan fingerprint density at radius 2 is 2.20 bits per heavy atom. The van der Waals surface area contributed by atoms with Crippen molar-refractivity contribution in [2.45, 2.75) is 12.8 Å². The topological polar surface area (TPSA) is 32.3 Å².